The van der Waals surface area contributed by atoms with Gasteiger partial charge < -0.3 is 4.74 Å². The van der Waals surface area contributed by atoms with Gasteiger partial charge in [0.25, 0.3) is 0 Å². The molecule has 0 N–H and O–H groups in total. The highest BCUT2D eigenvalue weighted by Gasteiger charge is 2.44. The van der Waals surface area contributed by atoms with Crippen LogP contribution in [0.3, 0.4) is 0 Å². The van der Waals surface area contributed by atoms with Gasteiger partial charge in [-0.3, -0.25) is 14.2 Å². The summed E-state index contributed by atoms with van der Waals surface area (Å²) >= 11 is 0. The molecule has 2 aliphatic heterocycles. The quantitative estimate of drug-likeness (QED) is 0.541. The standard InChI is InChI=1S/C27H35N5O2/c1-18(2)19-7-9-20(10-8-19)24-23(31-14-6-13-28-25(31)29-24)17-30-15-21-11-12-22(16-30)32(21)26(33)34-27(3,4)5/h6-10,13-14,18,21-22H,11-12,15-17H2,1-5H3. The Morgan fingerprint density at radius 3 is 2.41 bits per heavy atom. The molecule has 0 aliphatic carbocycles. The molecule has 5 rings (SSSR count). The highest BCUT2D eigenvalue weighted by molar-refractivity contribution is 5.70. The number of piperazine rings is 1. The third kappa shape index (κ3) is 4.41. The van der Waals surface area contributed by atoms with E-state index in [2.05, 4.69) is 52.4 Å². The molecule has 0 radical (unpaired) electrons. The number of rotatable bonds is 4. The monoisotopic (exact) mass is 461 g/mol. The summed E-state index contributed by atoms with van der Waals surface area (Å²) in [4.78, 5) is 26.7. The molecule has 7 heteroatoms. The highest BCUT2D eigenvalue weighted by atomic mass is 16.6. The van der Waals surface area contributed by atoms with Crippen molar-refractivity contribution in [3.63, 3.8) is 0 Å². The van der Waals surface area contributed by atoms with Crippen LogP contribution in [0.2, 0.25) is 0 Å². The maximum atomic E-state index is 12.9. The summed E-state index contributed by atoms with van der Waals surface area (Å²) in [6.45, 7) is 12.7. The zero-order valence-corrected chi connectivity index (χ0v) is 20.9. The van der Waals surface area contributed by atoms with Crippen molar-refractivity contribution in [3.05, 3.63) is 54.0 Å². The fraction of sp³-hybridized carbons (Fsp3) is 0.519. The van der Waals surface area contributed by atoms with Crippen molar-refractivity contribution in [2.24, 2.45) is 0 Å². The van der Waals surface area contributed by atoms with E-state index in [1.165, 1.54) is 5.56 Å². The van der Waals surface area contributed by atoms with Crippen molar-refractivity contribution in [1.82, 2.24) is 24.2 Å². The molecule has 0 spiro atoms. The molecular weight excluding hydrogens is 426 g/mol. The van der Waals surface area contributed by atoms with Crippen LogP contribution < -0.4 is 0 Å². The minimum Gasteiger partial charge on any atom is -0.444 e. The SMILES string of the molecule is CC(C)c1ccc(-c2nc3ncccn3c2CN2CC3CCC(C2)N3C(=O)OC(C)(C)C)cc1. The van der Waals surface area contributed by atoms with Crippen molar-refractivity contribution in [3.8, 4) is 11.3 Å². The van der Waals surface area contributed by atoms with Gasteiger partial charge in [-0.05, 0) is 51.2 Å². The summed E-state index contributed by atoms with van der Waals surface area (Å²) in [5.74, 6) is 1.21. The zero-order chi connectivity index (χ0) is 24.0. The molecule has 180 valence electrons. The smallest absolute Gasteiger partial charge is 0.410 e. The Balaban J connectivity index is 1.41. The number of hydrogen-bond donors (Lipinski definition) is 0. The summed E-state index contributed by atoms with van der Waals surface area (Å²) < 4.78 is 7.81. The predicted octanol–water partition coefficient (Wildman–Crippen LogP) is 5.10. The van der Waals surface area contributed by atoms with E-state index in [1.54, 1.807) is 6.20 Å². The molecule has 34 heavy (non-hydrogen) atoms. The van der Waals surface area contributed by atoms with Gasteiger partial charge >= 0.3 is 6.09 Å². The van der Waals surface area contributed by atoms with Crippen molar-refractivity contribution in [2.45, 2.75) is 77.6 Å². The number of imidazole rings is 1. The first-order chi connectivity index (χ1) is 16.2. The number of fused-ring (bicyclic) bond motifs is 3. The lowest BCUT2D eigenvalue weighted by molar-refractivity contribution is -0.00557. The van der Waals surface area contributed by atoms with E-state index in [0.717, 1.165) is 55.2 Å². The summed E-state index contributed by atoms with van der Waals surface area (Å²) in [5, 5.41) is 0. The molecule has 1 amide bonds. The van der Waals surface area contributed by atoms with Gasteiger partial charge in [-0.1, -0.05) is 38.1 Å². The molecule has 2 atom stereocenters. The lowest BCUT2D eigenvalue weighted by Gasteiger charge is -2.41. The number of carbonyl (C=O) groups is 1. The van der Waals surface area contributed by atoms with Gasteiger partial charge in [0.2, 0.25) is 5.78 Å². The van der Waals surface area contributed by atoms with Crippen LogP contribution in [0.1, 0.15) is 64.6 Å². The van der Waals surface area contributed by atoms with Crippen molar-refractivity contribution < 1.29 is 9.53 Å². The van der Waals surface area contributed by atoms with Crippen molar-refractivity contribution in [2.75, 3.05) is 13.1 Å². The fourth-order valence-corrected chi connectivity index (χ4v) is 5.29. The normalized spacial score (nSPS) is 20.9. The van der Waals surface area contributed by atoms with Crippen molar-refractivity contribution >= 4 is 11.9 Å². The number of aromatic nitrogens is 3. The average Bonchev–Trinajstić information content (AvgIpc) is 3.27. The number of likely N-dealkylation sites (tertiary alicyclic amines) is 1. The first-order valence-corrected chi connectivity index (χ1v) is 12.4. The zero-order valence-electron chi connectivity index (χ0n) is 20.9. The second kappa shape index (κ2) is 8.69. The van der Waals surface area contributed by atoms with Gasteiger partial charge in [-0.2, -0.15) is 0 Å². The number of ether oxygens (including phenoxy) is 1. The molecule has 7 nitrogen and oxygen atoms in total. The van der Waals surface area contributed by atoms with Crippen LogP contribution in [0.4, 0.5) is 4.79 Å². The Morgan fingerprint density at radius 2 is 1.79 bits per heavy atom. The van der Waals surface area contributed by atoms with Crippen LogP contribution in [0.25, 0.3) is 17.0 Å². The van der Waals surface area contributed by atoms with Crippen LogP contribution in [-0.4, -0.2) is 61.0 Å². The maximum absolute atomic E-state index is 12.9. The lowest BCUT2D eigenvalue weighted by Crippen LogP contribution is -2.56. The van der Waals surface area contributed by atoms with Crippen LogP contribution in [0.15, 0.2) is 42.7 Å². The lowest BCUT2D eigenvalue weighted by atomic mass is 10.0. The number of benzene rings is 1. The Labute approximate surface area is 201 Å². The largest absolute Gasteiger partial charge is 0.444 e. The second-order valence-electron chi connectivity index (χ2n) is 10.9. The Morgan fingerprint density at radius 1 is 1.12 bits per heavy atom. The first-order valence-electron chi connectivity index (χ1n) is 12.4. The van der Waals surface area contributed by atoms with E-state index >= 15 is 0 Å². The molecule has 1 aromatic carbocycles. The first kappa shape index (κ1) is 22.8. The summed E-state index contributed by atoms with van der Waals surface area (Å²) in [7, 11) is 0. The molecule has 4 heterocycles. The van der Waals surface area contributed by atoms with Crippen LogP contribution >= 0.6 is 0 Å². The van der Waals surface area contributed by atoms with Gasteiger partial charge in [0.1, 0.15) is 5.60 Å². The summed E-state index contributed by atoms with van der Waals surface area (Å²) in [6.07, 6.45) is 5.71. The van der Waals surface area contributed by atoms with E-state index in [4.69, 9.17) is 9.72 Å². The molecule has 2 bridgehead atoms. The highest BCUT2D eigenvalue weighted by Crippen LogP contribution is 2.34. The molecule has 2 aliphatic rings. The van der Waals surface area contributed by atoms with E-state index in [-0.39, 0.29) is 18.2 Å². The van der Waals surface area contributed by atoms with E-state index in [0.29, 0.717) is 5.92 Å². The Bertz CT molecular complexity index is 1160. The molecule has 2 unspecified atom stereocenters. The molecule has 2 fully saturated rings. The Kier molecular flexibility index (Phi) is 5.84. The van der Waals surface area contributed by atoms with Gasteiger partial charge in [-0.25, -0.2) is 14.8 Å². The van der Waals surface area contributed by atoms with Gasteiger partial charge in [0.15, 0.2) is 0 Å². The van der Waals surface area contributed by atoms with E-state index in [1.807, 2.05) is 37.9 Å². The summed E-state index contributed by atoms with van der Waals surface area (Å²) in [6, 6.07) is 11.1. The van der Waals surface area contributed by atoms with Crippen LogP contribution in [-0.2, 0) is 11.3 Å². The predicted molar refractivity (Wildman–Crippen MR) is 133 cm³/mol. The molecule has 2 aromatic heterocycles. The van der Waals surface area contributed by atoms with Gasteiger partial charge in [0, 0.05) is 49.7 Å². The van der Waals surface area contributed by atoms with E-state index < -0.39 is 5.60 Å². The minimum absolute atomic E-state index is 0.176. The summed E-state index contributed by atoms with van der Waals surface area (Å²) in [5.41, 5.74) is 4.08. The Hall–Kier alpha value is -2.93. The van der Waals surface area contributed by atoms with Crippen LogP contribution in [0, 0.1) is 0 Å². The fourth-order valence-electron chi connectivity index (χ4n) is 5.29. The van der Waals surface area contributed by atoms with Crippen molar-refractivity contribution in [1.29, 1.82) is 0 Å². The van der Waals surface area contributed by atoms with Crippen LogP contribution in [0.5, 0.6) is 0 Å². The van der Waals surface area contributed by atoms with Gasteiger partial charge in [0.05, 0.1) is 11.4 Å². The maximum Gasteiger partial charge on any atom is 0.410 e. The van der Waals surface area contributed by atoms with E-state index in [9.17, 15) is 4.79 Å². The average molecular weight is 462 g/mol. The topological polar surface area (TPSA) is 63.0 Å². The third-order valence-electron chi connectivity index (χ3n) is 6.89. The molecule has 0 saturated carbocycles. The molecular formula is C27H35N5O2. The van der Waals surface area contributed by atoms with Gasteiger partial charge in [-0.15, -0.1) is 0 Å². The minimum atomic E-state index is -0.475. The number of carbonyl (C=O) groups excluding carboxylic acids is 1. The third-order valence-corrected chi connectivity index (χ3v) is 6.89. The second-order valence-corrected chi connectivity index (χ2v) is 10.9. The molecule has 3 aromatic rings. The molecule has 2 saturated heterocycles. The number of hydrogen-bond acceptors (Lipinski definition) is 5. The number of amides is 1. The number of nitrogens with zero attached hydrogens (tertiary/aromatic N) is 5.